The van der Waals surface area contributed by atoms with Gasteiger partial charge in [0.05, 0.1) is 29.7 Å². The van der Waals surface area contributed by atoms with Gasteiger partial charge in [-0.2, -0.15) is 10.4 Å². The fourth-order valence-electron chi connectivity index (χ4n) is 2.01. The van der Waals surface area contributed by atoms with Gasteiger partial charge < -0.3 is 4.98 Å². The van der Waals surface area contributed by atoms with Crippen LogP contribution >= 0.6 is 12.2 Å². The van der Waals surface area contributed by atoms with Crippen LogP contribution in [0.2, 0.25) is 0 Å². The molecule has 0 aliphatic rings. The molecule has 0 spiro atoms. The van der Waals surface area contributed by atoms with E-state index < -0.39 is 0 Å². The molecule has 0 saturated carbocycles. The number of imidazole rings is 1. The number of nitrogens with one attached hydrogen (secondary N) is 1. The van der Waals surface area contributed by atoms with Crippen LogP contribution in [0.1, 0.15) is 11.1 Å². The molecule has 1 heterocycles. The number of aromatic amines is 1. The van der Waals surface area contributed by atoms with E-state index in [-0.39, 0.29) is 0 Å². The van der Waals surface area contributed by atoms with Crippen molar-refractivity contribution in [1.29, 1.82) is 5.26 Å². The number of rotatable bonds is 3. The maximum Gasteiger partial charge on any atom is 0.198 e. The van der Waals surface area contributed by atoms with E-state index in [1.807, 2.05) is 48.7 Å². The zero-order valence-electron chi connectivity index (χ0n) is 11.6. The van der Waals surface area contributed by atoms with Crippen LogP contribution in [-0.2, 0) is 0 Å². The summed E-state index contributed by atoms with van der Waals surface area (Å²) in [5.41, 5.74) is 3.51. The molecule has 4 nitrogen and oxygen atoms in total. The smallest absolute Gasteiger partial charge is 0.198 e. The van der Waals surface area contributed by atoms with Crippen molar-refractivity contribution in [3.63, 3.8) is 0 Å². The van der Waals surface area contributed by atoms with E-state index >= 15 is 0 Å². The van der Waals surface area contributed by atoms with Gasteiger partial charge >= 0.3 is 0 Å². The molecule has 5 heteroatoms. The van der Waals surface area contributed by atoms with Crippen molar-refractivity contribution in [2.75, 3.05) is 0 Å². The summed E-state index contributed by atoms with van der Waals surface area (Å²) in [5.74, 6) is 0. The average Bonchev–Trinajstić information content (AvgIpc) is 2.95. The Hall–Kier alpha value is -2.97. The highest BCUT2D eigenvalue weighted by atomic mass is 32.1. The maximum atomic E-state index is 8.78. The van der Waals surface area contributed by atoms with Gasteiger partial charge in [0, 0.05) is 0 Å². The number of nitrogens with zero attached hydrogens (tertiary/aromatic N) is 3. The topological polar surface area (TPSA) is 56.9 Å². The third-order valence-electron chi connectivity index (χ3n) is 3.16. The minimum absolute atomic E-state index is 0.531. The van der Waals surface area contributed by atoms with Crippen LogP contribution in [0.25, 0.3) is 11.3 Å². The zero-order chi connectivity index (χ0) is 15.4. The molecule has 0 radical (unpaired) electrons. The highest BCUT2D eigenvalue weighted by molar-refractivity contribution is 7.71. The van der Waals surface area contributed by atoms with Crippen LogP contribution in [0.3, 0.4) is 0 Å². The predicted octanol–water partition coefficient (Wildman–Crippen LogP) is 3.97. The predicted molar refractivity (Wildman–Crippen MR) is 89.2 cm³/mol. The van der Waals surface area contributed by atoms with Gasteiger partial charge in [-0.1, -0.05) is 42.5 Å². The standard InChI is InChI=1S/C17H12N4S/c18-10-13-6-8-14(9-7-13)11-19-21-12-16(20-17(21)22)15-4-2-1-3-5-15/h1-9,11-12H,(H,20,22)/b19-11-. The average molecular weight is 304 g/mol. The molecule has 0 amide bonds. The summed E-state index contributed by atoms with van der Waals surface area (Å²) in [5, 5.41) is 13.1. The van der Waals surface area contributed by atoms with E-state index in [9.17, 15) is 0 Å². The fraction of sp³-hybridized carbons (Fsp3) is 0. The molecule has 0 atom stereocenters. The summed E-state index contributed by atoms with van der Waals surface area (Å²) < 4.78 is 2.15. The molecule has 0 fully saturated rings. The minimum atomic E-state index is 0.531. The number of nitriles is 1. The van der Waals surface area contributed by atoms with Crippen molar-refractivity contribution in [1.82, 2.24) is 9.66 Å². The van der Waals surface area contributed by atoms with Gasteiger partial charge in [-0.15, -0.1) is 0 Å². The van der Waals surface area contributed by atoms with E-state index in [4.69, 9.17) is 17.5 Å². The first-order chi connectivity index (χ1) is 10.8. The van der Waals surface area contributed by atoms with Gasteiger partial charge in [0.2, 0.25) is 0 Å². The lowest BCUT2D eigenvalue weighted by atomic mass is 10.2. The van der Waals surface area contributed by atoms with Crippen LogP contribution in [0, 0.1) is 16.1 Å². The van der Waals surface area contributed by atoms with Crippen molar-refractivity contribution in [2.45, 2.75) is 0 Å². The second-order valence-corrected chi connectivity index (χ2v) is 5.05. The Morgan fingerprint density at radius 1 is 1.09 bits per heavy atom. The highest BCUT2D eigenvalue weighted by Gasteiger charge is 2.01. The van der Waals surface area contributed by atoms with E-state index in [1.54, 1.807) is 23.0 Å². The highest BCUT2D eigenvalue weighted by Crippen LogP contribution is 2.16. The number of benzene rings is 2. The van der Waals surface area contributed by atoms with E-state index in [0.29, 0.717) is 10.3 Å². The summed E-state index contributed by atoms with van der Waals surface area (Å²) >= 11 is 5.28. The van der Waals surface area contributed by atoms with Gasteiger partial charge in [0.1, 0.15) is 0 Å². The summed E-state index contributed by atoms with van der Waals surface area (Å²) in [4.78, 5) is 3.14. The largest absolute Gasteiger partial charge is 0.329 e. The first-order valence-electron chi connectivity index (χ1n) is 6.68. The first-order valence-corrected chi connectivity index (χ1v) is 7.09. The molecular weight excluding hydrogens is 292 g/mol. The second-order valence-electron chi connectivity index (χ2n) is 4.66. The monoisotopic (exact) mass is 304 g/mol. The quantitative estimate of drug-likeness (QED) is 0.588. The van der Waals surface area contributed by atoms with Crippen molar-refractivity contribution >= 4 is 18.4 Å². The maximum absolute atomic E-state index is 8.78. The fourth-order valence-corrected chi connectivity index (χ4v) is 2.22. The van der Waals surface area contributed by atoms with Gasteiger partial charge in [0.25, 0.3) is 0 Å². The van der Waals surface area contributed by atoms with Crippen LogP contribution < -0.4 is 0 Å². The third-order valence-corrected chi connectivity index (χ3v) is 3.45. The molecule has 0 aliphatic heterocycles. The van der Waals surface area contributed by atoms with Crippen molar-refractivity contribution in [3.8, 4) is 17.3 Å². The molecular formula is C17H12N4S. The van der Waals surface area contributed by atoms with Crippen molar-refractivity contribution in [3.05, 3.63) is 76.7 Å². The second kappa shape index (κ2) is 6.20. The molecule has 0 bridgehead atoms. The first kappa shape index (κ1) is 14.0. The van der Waals surface area contributed by atoms with Gasteiger partial charge in [0.15, 0.2) is 4.77 Å². The third kappa shape index (κ3) is 3.03. The number of H-pyrrole nitrogens is 1. The van der Waals surface area contributed by atoms with Crippen molar-refractivity contribution < 1.29 is 0 Å². The summed E-state index contributed by atoms with van der Waals surface area (Å²) in [6, 6.07) is 19.2. The molecule has 0 aliphatic carbocycles. The number of hydrogen-bond donors (Lipinski definition) is 1. The lowest BCUT2D eigenvalue weighted by Crippen LogP contribution is -1.89. The van der Waals surface area contributed by atoms with Crippen LogP contribution in [0.5, 0.6) is 0 Å². The normalized spacial score (nSPS) is 10.7. The Labute approximate surface area is 133 Å². The van der Waals surface area contributed by atoms with Gasteiger partial charge in [-0.3, -0.25) is 0 Å². The van der Waals surface area contributed by atoms with Crippen LogP contribution in [-0.4, -0.2) is 15.9 Å². The van der Waals surface area contributed by atoms with Crippen molar-refractivity contribution in [2.24, 2.45) is 5.10 Å². The van der Waals surface area contributed by atoms with E-state index in [1.165, 1.54) is 0 Å². The Bertz CT molecular complexity index is 896. The molecule has 106 valence electrons. The Morgan fingerprint density at radius 2 is 1.82 bits per heavy atom. The number of hydrogen-bond acceptors (Lipinski definition) is 3. The van der Waals surface area contributed by atoms with E-state index in [2.05, 4.69) is 16.2 Å². The summed E-state index contributed by atoms with van der Waals surface area (Å²) in [6.07, 6.45) is 3.57. The molecule has 3 aromatic rings. The Morgan fingerprint density at radius 3 is 2.50 bits per heavy atom. The molecule has 22 heavy (non-hydrogen) atoms. The van der Waals surface area contributed by atoms with Gasteiger partial charge in [-0.05, 0) is 35.5 Å². The SMILES string of the molecule is N#Cc1ccc(/C=N\n2cc(-c3ccccc3)[nH]c2=S)cc1. The zero-order valence-corrected chi connectivity index (χ0v) is 12.4. The lowest BCUT2D eigenvalue weighted by molar-refractivity contribution is 0.864. The molecule has 3 rings (SSSR count). The summed E-state index contributed by atoms with van der Waals surface area (Å²) in [6.45, 7) is 0. The van der Waals surface area contributed by atoms with E-state index in [0.717, 1.165) is 16.8 Å². The molecule has 1 aromatic heterocycles. The lowest BCUT2D eigenvalue weighted by Gasteiger charge is -1.95. The van der Waals surface area contributed by atoms with Crippen LogP contribution in [0.15, 0.2) is 65.9 Å². The Balaban J connectivity index is 1.86. The van der Waals surface area contributed by atoms with Crippen LogP contribution in [0.4, 0.5) is 0 Å². The molecule has 0 saturated heterocycles. The number of aromatic nitrogens is 2. The summed E-state index contributed by atoms with van der Waals surface area (Å²) in [7, 11) is 0. The van der Waals surface area contributed by atoms with Gasteiger partial charge in [-0.25, -0.2) is 4.68 Å². The molecule has 2 aromatic carbocycles. The molecule has 1 N–H and O–H groups in total. The Kier molecular flexibility index (Phi) is 3.95. The minimum Gasteiger partial charge on any atom is -0.329 e. The molecule has 0 unspecified atom stereocenters.